The van der Waals surface area contributed by atoms with Crippen LogP contribution in [-0.2, 0) is 14.1 Å². The van der Waals surface area contributed by atoms with Crippen molar-refractivity contribution in [2.75, 3.05) is 6.61 Å². The van der Waals surface area contributed by atoms with Gasteiger partial charge in [-0.05, 0) is 25.1 Å². The normalized spacial score (nSPS) is 15.5. The Kier molecular flexibility index (Phi) is 5.56. The van der Waals surface area contributed by atoms with E-state index in [-0.39, 0.29) is 0 Å². The van der Waals surface area contributed by atoms with E-state index < -0.39 is 19.3 Å². The lowest BCUT2D eigenvalue weighted by atomic mass is 10.4. The van der Waals surface area contributed by atoms with Crippen LogP contribution in [0.5, 0.6) is 0 Å². The molecular formula is C5H11ClNO3P. The maximum absolute atomic E-state index is 10.8. The van der Waals surface area contributed by atoms with Gasteiger partial charge in [-0.2, -0.15) is 0 Å². The van der Waals surface area contributed by atoms with Gasteiger partial charge in [0.25, 0.3) is 0 Å². The Bertz CT molecular complexity index is 164. The minimum atomic E-state index is -2.32. The average Bonchev–Trinajstić information content (AvgIpc) is 1.86. The standard InChI is InChI=1S/C5H11ClNO3P/c1-3-10-5(8)4(2)7-11(6)9/h4,11H,3H2,1-2H3,(H,7,9)/t4-/m0/s1. The Balaban J connectivity index is 3.73. The number of esters is 1. The summed E-state index contributed by atoms with van der Waals surface area (Å²) in [6, 6.07) is -0.598. The van der Waals surface area contributed by atoms with E-state index in [4.69, 9.17) is 11.2 Å². The summed E-state index contributed by atoms with van der Waals surface area (Å²) < 4.78 is 15.0. The van der Waals surface area contributed by atoms with E-state index in [1.165, 1.54) is 0 Å². The van der Waals surface area contributed by atoms with E-state index in [0.29, 0.717) is 6.61 Å². The van der Waals surface area contributed by atoms with E-state index in [2.05, 4.69) is 9.82 Å². The third-order valence-corrected chi connectivity index (χ3v) is 1.96. The lowest BCUT2D eigenvalue weighted by Gasteiger charge is -2.08. The molecule has 4 nitrogen and oxygen atoms in total. The number of carbonyl (C=O) groups is 1. The van der Waals surface area contributed by atoms with Crippen LogP contribution in [0.25, 0.3) is 0 Å². The molecule has 0 aromatic rings. The van der Waals surface area contributed by atoms with Gasteiger partial charge in [0.2, 0.25) is 7.30 Å². The fourth-order valence-electron chi connectivity index (χ4n) is 0.496. The molecular weight excluding hydrogens is 188 g/mol. The fraction of sp³-hybridized carbons (Fsp3) is 0.800. The summed E-state index contributed by atoms with van der Waals surface area (Å²) in [7, 11) is -2.32. The summed E-state index contributed by atoms with van der Waals surface area (Å²) in [4.78, 5) is 10.8. The van der Waals surface area contributed by atoms with Gasteiger partial charge < -0.3 is 4.74 Å². The van der Waals surface area contributed by atoms with E-state index in [0.717, 1.165) is 0 Å². The monoisotopic (exact) mass is 199 g/mol. The minimum absolute atomic E-state index is 0.314. The molecule has 0 spiro atoms. The van der Waals surface area contributed by atoms with Gasteiger partial charge in [0.1, 0.15) is 6.04 Å². The third-order valence-electron chi connectivity index (χ3n) is 0.970. The average molecular weight is 200 g/mol. The summed E-state index contributed by atoms with van der Waals surface area (Å²) in [6.07, 6.45) is 0. The number of nitrogens with one attached hydrogen (secondary N) is 1. The van der Waals surface area contributed by atoms with Crippen LogP contribution in [0, 0.1) is 0 Å². The maximum atomic E-state index is 10.8. The molecule has 6 heteroatoms. The Morgan fingerprint density at radius 1 is 1.82 bits per heavy atom. The van der Waals surface area contributed by atoms with Crippen LogP contribution in [0.3, 0.4) is 0 Å². The van der Waals surface area contributed by atoms with Crippen molar-refractivity contribution in [3.63, 3.8) is 0 Å². The molecule has 66 valence electrons. The zero-order valence-corrected chi connectivity index (χ0v) is 8.14. The highest BCUT2D eigenvalue weighted by Gasteiger charge is 2.13. The molecule has 0 saturated heterocycles. The molecule has 0 aromatic carbocycles. The van der Waals surface area contributed by atoms with Crippen molar-refractivity contribution in [3.8, 4) is 0 Å². The van der Waals surface area contributed by atoms with Crippen molar-refractivity contribution in [3.05, 3.63) is 0 Å². The van der Waals surface area contributed by atoms with Crippen molar-refractivity contribution in [2.45, 2.75) is 19.9 Å². The molecule has 11 heavy (non-hydrogen) atoms. The summed E-state index contributed by atoms with van der Waals surface area (Å²) in [5.41, 5.74) is 0. The molecule has 0 aliphatic carbocycles. The molecule has 1 N–H and O–H groups in total. The zero-order chi connectivity index (χ0) is 8.85. The molecule has 0 bridgehead atoms. The van der Waals surface area contributed by atoms with Crippen LogP contribution in [0.15, 0.2) is 0 Å². The van der Waals surface area contributed by atoms with E-state index in [9.17, 15) is 9.36 Å². The Morgan fingerprint density at radius 3 is 2.73 bits per heavy atom. The van der Waals surface area contributed by atoms with Crippen molar-refractivity contribution in [2.24, 2.45) is 0 Å². The molecule has 0 fully saturated rings. The first-order valence-corrected chi connectivity index (χ1v) is 5.62. The zero-order valence-electron chi connectivity index (χ0n) is 6.39. The Hall–Kier alpha value is -0.0500. The van der Waals surface area contributed by atoms with Crippen LogP contribution in [0.1, 0.15) is 13.8 Å². The van der Waals surface area contributed by atoms with Crippen molar-refractivity contribution in [1.82, 2.24) is 5.09 Å². The summed E-state index contributed by atoms with van der Waals surface area (Å²) >= 11 is 5.14. The third kappa shape index (κ3) is 5.24. The molecule has 0 aliphatic heterocycles. The Labute approximate surface area is 70.9 Å². The van der Waals surface area contributed by atoms with Gasteiger partial charge in [-0.25, -0.2) is 5.09 Å². The van der Waals surface area contributed by atoms with Crippen molar-refractivity contribution >= 4 is 24.5 Å². The smallest absolute Gasteiger partial charge is 0.323 e. The van der Waals surface area contributed by atoms with Crippen LogP contribution in [0.4, 0.5) is 0 Å². The predicted molar refractivity (Wildman–Crippen MR) is 44.1 cm³/mol. The van der Waals surface area contributed by atoms with Crippen molar-refractivity contribution < 1.29 is 14.1 Å². The summed E-state index contributed by atoms with van der Waals surface area (Å²) in [5.74, 6) is -0.438. The van der Waals surface area contributed by atoms with E-state index in [1.807, 2.05) is 0 Å². The largest absolute Gasteiger partial charge is 0.465 e. The lowest BCUT2D eigenvalue weighted by Crippen LogP contribution is -2.30. The van der Waals surface area contributed by atoms with Gasteiger partial charge in [0, 0.05) is 0 Å². The van der Waals surface area contributed by atoms with Crippen LogP contribution >= 0.6 is 18.5 Å². The molecule has 2 atom stereocenters. The first kappa shape index (κ1) is 11.0. The van der Waals surface area contributed by atoms with E-state index >= 15 is 0 Å². The molecule has 0 heterocycles. The SMILES string of the molecule is CCOC(=O)[C@H](C)N[PH](=O)Cl. The van der Waals surface area contributed by atoms with Gasteiger partial charge in [0.05, 0.1) is 6.61 Å². The molecule has 0 radical (unpaired) electrons. The van der Waals surface area contributed by atoms with Crippen LogP contribution in [-0.4, -0.2) is 18.6 Å². The first-order chi connectivity index (χ1) is 5.07. The second-order valence-corrected chi connectivity index (χ2v) is 3.76. The molecule has 0 rings (SSSR count). The van der Waals surface area contributed by atoms with Gasteiger partial charge in [0.15, 0.2) is 0 Å². The highest BCUT2D eigenvalue weighted by atomic mass is 35.7. The number of ether oxygens (including phenoxy) is 1. The molecule has 0 aromatic heterocycles. The van der Waals surface area contributed by atoms with E-state index in [1.54, 1.807) is 13.8 Å². The highest BCUT2D eigenvalue weighted by molar-refractivity contribution is 7.72. The van der Waals surface area contributed by atoms with Crippen LogP contribution < -0.4 is 5.09 Å². The number of carbonyl (C=O) groups excluding carboxylic acids is 1. The molecule has 1 unspecified atom stereocenters. The number of hydrogen-bond donors (Lipinski definition) is 1. The lowest BCUT2D eigenvalue weighted by molar-refractivity contribution is -0.144. The fourth-order valence-corrected chi connectivity index (χ4v) is 1.45. The second kappa shape index (κ2) is 5.58. The highest BCUT2D eigenvalue weighted by Crippen LogP contribution is 2.20. The predicted octanol–water partition coefficient (Wildman–Crippen LogP) is 1.16. The minimum Gasteiger partial charge on any atom is -0.465 e. The first-order valence-electron chi connectivity index (χ1n) is 3.20. The molecule has 0 amide bonds. The van der Waals surface area contributed by atoms with Gasteiger partial charge in [-0.3, -0.25) is 9.36 Å². The summed E-state index contributed by atoms with van der Waals surface area (Å²) in [5, 5.41) is 2.36. The Morgan fingerprint density at radius 2 is 2.36 bits per heavy atom. The van der Waals surface area contributed by atoms with Crippen LogP contribution in [0.2, 0.25) is 0 Å². The second-order valence-electron chi connectivity index (χ2n) is 1.89. The number of halogens is 1. The summed E-state index contributed by atoms with van der Waals surface area (Å²) in [6.45, 7) is 3.56. The number of hydrogen-bond acceptors (Lipinski definition) is 3. The quantitative estimate of drug-likeness (QED) is 0.545. The molecule has 0 aliphatic rings. The molecule has 0 saturated carbocycles. The van der Waals surface area contributed by atoms with Gasteiger partial charge >= 0.3 is 5.97 Å². The van der Waals surface area contributed by atoms with Crippen molar-refractivity contribution in [1.29, 1.82) is 0 Å². The maximum Gasteiger partial charge on any atom is 0.323 e. The number of rotatable bonds is 4. The van der Waals surface area contributed by atoms with Gasteiger partial charge in [-0.15, -0.1) is 0 Å². The topological polar surface area (TPSA) is 55.4 Å². The van der Waals surface area contributed by atoms with Gasteiger partial charge in [-0.1, -0.05) is 0 Å².